The minimum atomic E-state index is -0.230. The molecule has 5 heteroatoms. The van der Waals surface area contributed by atoms with Crippen molar-refractivity contribution in [3.05, 3.63) is 46.0 Å². The summed E-state index contributed by atoms with van der Waals surface area (Å²) in [6.45, 7) is 5.30. The van der Waals surface area contributed by atoms with Gasteiger partial charge in [-0.25, -0.2) is 9.37 Å². The van der Waals surface area contributed by atoms with Gasteiger partial charge in [-0.15, -0.1) is 11.3 Å². The molecule has 0 aliphatic heterocycles. The van der Waals surface area contributed by atoms with Crippen LogP contribution in [-0.4, -0.2) is 18.1 Å². The molecule has 1 N–H and O–H groups in total. The van der Waals surface area contributed by atoms with E-state index in [2.05, 4.69) is 30.2 Å². The molecule has 0 atom stereocenters. The van der Waals surface area contributed by atoms with Gasteiger partial charge >= 0.3 is 0 Å². The lowest BCUT2D eigenvalue weighted by Crippen LogP contribution is -2.31. The normalized spacial score (nSPS) is 11.1. The van der Waals surface area contributed by atoms with Gasteiger partial charge in [-0.2, -0.15) is 0 Å². The molecular formula is C15H20FN3S. The van der Waals surface area contributed by atoms with E-state index in [1.807, 2.05) is 23.4 Å². The zero-order valence-electron chi connectivity index (χ0n) is 12.1. The molecule has 0 aromatic carbocycles. The van der Waals surface area contributed by atoms with E-state index in [1.54, 1.807) is 23.6 Å². The van der Waals surface area contributed by atoms with Gasteiger partial charge in [-0.3, -0.25) is 0 Å². The molecule has 2 heterocycles. The van der Waals surface area contributed by atoms with Crippen LogP contribution in [0.5, 0.6) is 0 Å². The fourth-order valence-electron chi connectivity index (χ4n) is 2.07. The quantitative estimate of drug-likeness (QED) is 0.884. The van der Waals surface area contributed by atoms with Gasteiger partial charge in [-0.1, -0.05) is 6.07 Å². The summed E-state index contributed by atoms with van der Waals surface area (Å²) in [5.74, 6) is 0.202. The van der Waals surface area contributed by atoms with Crippen LogP contribution in [0.1, 0.15) is 24.3 Å². The molecule has 0 bridgehead atoms. The van der Waals surface area contributed by atoms with Crippen molar-refractivity contribution in [2.75, 3.05) is 11.9 Å². The highest BCUT2D eigenvalue weighted by molar-refractivity contribution is 7.09. The zero-order chi connectivity index (χ0) is 14.5. The van der Waals surface area contributed by atoms with Crippen LogP contribution in [0, 0.1) is 5.82 Å². The second-order valence-electron chi connectivity index (χ2n) is 4.94. The fourth-order valence-corrected chi connectivity index (χ4v) is 2.77. The summed E-state index contributed by atoms with van der Waals surface area (Å²) in [6.07, 6.45) is 1.68. The summed E-state index contributed by atoms with van der Waals surface area (Å²) >= 11 is 1.68. The van der Waals surface area contributed by atoms with Crippen molar-refractivity contribution in [3.8, 4) is 0 Å². The fraction of sp³-hybridized carbons (Fsp3) is 0.400. The van der Waals surface area contributed by atoms with Gasteiger partial charge in [0.1, 0.15) is 0 Å². The van der Waals surface area contributed by atoms with Crippen molar-refractivity contribution < 1.29 is 4.39 Å². The molecule has 108 valence electrons. The topological polar surface area (TPSA) is 28.2 Å². The number of aromatic nitrogens is 1. The lowest BCUT2D eigenvalue weighted by atomic mass is 10.2. The molecule has 2 aromatic rings. The lowest BCUT2D eigenvalue weighted by molar-refractivity contribution is 0.570. The van der Waals surface area contributed by atoms with E-state index in [0.29, 0.717) is 24.5 Å². The van der Waals surface area contributed by atoms with Crippen molar-refractivity contribution in [3.63, 3.8) is 0 Å². The Hall–Kier alpha value is -1.46. The van der Waals surface area contributed by atoms with Crippen LogP contribution in [0.25, 0.3) is 0 Å². The van der Waals surface area contributed by atoms with E-state index < -0.39 is 0 Å². The maximum absolute atomic E-state index is 14.6. The minimum absolute atomic E-state index is 0.184. The van der Waals surface area contributed by atoms with Crippen LogP contribution in [0.3, 0.4) is 0 Å². The van der Waals surface area contributed by atoms with Gasteiger partial charge in [0.2, 0.25) is 0 Å². The van der Waals surface area contributed by atoms with E-state index in [9.17, 15) is 4.39 Å². The van der Waals surface area contributed by atoms with Gasteiger partial charge < -0.3 is 10.2 Å². The molecule has 0 amide bonds. The first kappa shape index (κ1) is 14.9. The maximum atomic E-state index is 14.6. The number of rotatable bonds is 6. The van der Waals surface area contributed by atoms with Crippen LogP contribution < -0.4 is 10.2 Å². The monoisotopic (exact) mass is 293 g/mol. The number of halogens is 1. The van der Waals surface area contributed by atoms with Crippen molar-refractivity contribution in [1.82, 2.24) is 10.3 Å². The Morgan fingerprint density at radius 3 is 2.80 bits per heavy atom. The molecule has 3 nitrogen and oxygen atoms in total. The Morgan fingerprint density at radius 2 is 2.20 bits per heavy atom. The number of nitrogens with zero attached hydrogens (tertiary/aromatic N) is 2. The number of hydrogen-bond donors (Lipinski definition) is 1. The molecule has 0 aliphatic carbocycles. The second kappa shape index (κ2) is 6.81. The van der Waals surface area contributed by atoms with Gasteiger partial charge in [0.25, 0.3) is 0 Å². The number of anilines is 1. The summed E-state index contributed by atoms with van der Waals surface area (Å²) in [7, 11) is 1.81. The largest absolute Gasteiger partial charge is 0.347 e. The van der Waals surface area contributed by atoms with Gasteiger partial charge in [-0.05, 0) is 38.4 Å². The first-order chi connectivity index (χ1) is 9.63. The third-order valence-corrected chi connectivity index (χ3v) is 3.98. The highest BCUT2D eigenvalue weighted by Gasteiger charge is 2.19. The molecule has 0 spiro atoms. The number of thiophene rings is 1. The predicted molar refractivity (Wildman–Crippen MR) is 82.6 cm³/mol. The van der Waals surface area contributed by atoms with E-state index in [4.69, 9.17) is 0 Å². The molecule has 0 saturated carbocycles. The average Bonchev–Trinajstić information content (AvgIpc) is 2.92. The average molecular weight is 293 g/mol. The van der Waals surface area contributed by atoms with Crippen LogP contribution in [0.4, 0.5) is 10.2 Å². The first-order valence-electron chi connectivity index (χ1n) is 6.70. The third-order valence-electron chi connectivity index (χ3n) is 3.12. The molecule has 20 heavy (non-hydrogen) atoms. The van der Waals surface area contributed by atoms with Crippen LogP contribution in [0.2, 0.25) is 0 Å². The molecule has 0 saturated heterocycles. The van der Waals surface area contributed by atoms with Crippen LogP contribution in [-0.2, 0) is 13.1 Å². The van der Waals surface area contributed by atoms with E-state index in [-0.39, 0.29) is 11.9 Å². The smallest absolute Gasteiger partial charge is 0.170 e. The van der Waals surface area contributed by atoms with Crippen LogP contribution in [0.15, 0.2) is 29.8 Å². The van der Waals surface area contributed by atoms with Crippen molar-refractivity contribution in [2.45, 2.75) is 33.0 Å². The van der Waals surface area contributed by atoms with Gasteiger partial charge in [0.15, 0.2) is 11.6 Å². The SMILES string of the molecule is CNCc1ccnc(N(Cc2cccs2)C(C)C)c1F. The Labute approximate surface area is 123 Å². The minimum Gasteiger partial charge on any atom is -0.347 e. The third kappa shape index (κ3) is 3.35. The van der Waals surface area contributed by atoms with Gasteiger partial charge in [0.05, 0.1) is 6.54 Å². The number of hydrogen-bond acceptors (Lipinski definition) is 4. The van der Waals surface area contributed by atoms with Crippen molar-refractivity contribution >= 4 is 17.2 Å². The molecule has 2 rings (SSSR count). The van der Waals surface area contributed by atoms with E-state index in [0.717, 1.165) is 0 Å². The van der Waals surface area contributed by atoms with Gasteiger partial charge in [0, 0.05) is 29.2 Å². The second-order valence-corrected chi connectivity index (χ2v) is 5.97. The zero-order valence-corrected chi connectivity index (χ0v) is 12.9. The Balaban J connectivity index is 2.32. The highest BCUT2D eigenvalue weighted by Crippen LogP contribution is 2.24. The summed E-state index contributed by atoms with van der Waals surface area (Å²) < 4.78 is 14.6. The van der Waals surface area contributed by atoms with Crippen LogP contribution >= 0.6 is 11.3 Å². The van der Waals surface area contributed by atoms with Crippen molar-refractivity contribution in [2.24, 2.45) is 0 Å². The molecule has 0 fully saturated rings. The number of nitrogens with one attached hydrogen (secondary N) is 1. The highest BCUT2D eigenvalue weighted by atomic mass is 32.1. The molecular weight excluding hydrogens is 273 g/mol. The number of pyridine rings is 1. The van der Waals surface area contributed by atoms with E-state index in [1.165, 1.54) is 4.88 Å². The molecule has 2 aromatic heterocycles. The van der Waals surface area contributed by atoms with Crippen molar-refractivity contribution in [1.29, 1.82) is 0 Å². The summed E-state index contributed by atoms with van der Waals surface area (Å²) in [5.41, 5.74) is 0.648. The molecule has 0 unspecified atom stereocenters. The molecule has 0 radical (unpaired) electrons. The summed E-state index contributed by atoms with van der Waals surface area (Å²) in [6, 6.07) is 5.98. The summed E-state index contributed by atoms with van der Waals surface area (Å²) in [5, 5.41) is 5.02. The van der Waals surface area contributed by atoms with E-state index >= 15 is 0 Å². The predicted octanol–water partition coefficient (Wildman–Crippen LogP) is 3.42. The first-order valence-corrected chi connectivity index (χ1v) is 7.58. The summed E-state index contributed by atoms with van der Waals surface area (Å²) in [4.78, 5) is 7.46. The maximum Gasteiger partial charge on any atom is 0.170 e. The Kier molecular flexibility index (Phi) is 5.09. The molecule has 0 aliphatic rings. The standard InChI is InChI=1S/C15H20FN3S/c1-11(2)19(10-13-5-4-8-20-13)15-14(16)12(9-17-3)6-7-18-15/h4-8,11,17H,9-10H2,1-3H3. The Bertz CT molecular complexity index is 540. The Morgan fingerprint density at radius 1 is 1.40 bits per heavy atom. The lowest BCUT2D eigenvalue weighted by Gasteiger charge is -2.28.